The molecule has 1 N–H and O–H groups in total. The molecule has 1 amide bonds. The fourth-order valence-corrected chi connectivity index (χ4v) is 5.27. The Morgan fingerprint density at radius 2 is 1.69 bits per heavy atom. The van der Waals surface area contributed by atoms with Crippen molar-refractivity contribution in [3.63, 3.8) is 0 Å². The largest absolute Gasteiger partial charge is 0.462 e. The summed E-state index contributed by atoms with van der Waals surface area (Å²) in [5, 5.41) is 13.3. The number of thiophene rings is 1. The van der Waals surface area contributed by atoms with E-state index in [9.17, 15) is 24.4 Å². The van der Waals surface area contributed by atoms with Crippen LogP contribution in [0.5, 0.6) is 0 Å². The van der Waals surface area contributed by atoms with Crippen LogP contribution >= 0.6 is 11.3 Å². The van der Waals surface area contributed by atoms with Gasteiger partial charge in [-0.15, -0.1) is 11.3 Å². The van der Waals surface area contributed by atoms with Crippen LogP contribution in [-0.4, -0.2) is 35.1 Å². The van der Waals surface area contributed by atoms with E-state index in [1.807, 2.05) is 36.4 Å². The molecule has 2 aromatic carbocycles. The van der Waals surface area contributed by atoms with Gasteiger partial charge in [-0.25, -0.2) is 9.59 Å². The van der Waals surface area contributed by atoms with E-state index in [4.69, 9.17) is 9.47 Å². The van der Waals surface area contributed by atoms with Crippen LogP contribution in [0.3, 0.4) is 0 Å². The number of nitrogens with zero attached hydrogens (tertiary/aromatic N) is 2. The number of carbonyl (C=O) groups excluding carboxylic acids is 3. The lowest BCUT2D eigenvalue weighted by Crippen LogP contribution is -2.32. The molecule has 1 unspecified atom stereocenters. The summed E-state index contributed by atoms with van der Waals surface area (Å²) in [6.45, 7) is 4.80. The van der Waals surface area contributed by atoms with Gasteiger partial charge in [-0.2, -0.15) is 5.26 Å². The van der Waals surface area contributed by atoms with Crippen molar-refractivity contribution in [3.05, 3.63) is 86.6 Å². The van der Waals surface area contributed by atoms with Crippen molar-refractivity contribution in [3.8, 4) is 17.2 Å². The Balaban J connectivity index is 1.67. The van der Waals surface area contributed by atoms with Crippen molar-refractivity contribution in [1.82, 2.24) is 4.57 Å². The lowest BCUT2D eigenvalue weighted by molar-refractivity contribution is -0.123. The lowest BCUT2D eigenvalue weighted by Gasteiger charge is -2.19. The number of nitrogens with one attached hydrogen (secondary N) is 1. The Kier molecular flexibility index (Phi) is 7.93. The van der Waals surface area contributed by atoms with Crippen LogP contribution in [0.25, 0.3) is 21.9 Å². The second-order valence-corrected chi connectivity index (χ2v) is 9.65. The molecule has 0 bridgehead atoms. The Labute approximate surface area is 228 Å². The van der Waals surface area contributed by atoms with Gasteiger partial charge < -0.3 is 19.4 Å². The Morgan fingerprint density at radius 3 is 2.33 bits per heavy atom. The summed E-state index contributed by atoms with van der Waals surface area (Å²) in [5.74, 6) is -2.16. The first-order valence-electron chi connectivity index (χ1n) is 12.1. The molecule has 1 atom stereocenters. The topological polar surface area (TPSA) is 127 Å². The molecule has 4 rings (SSSR count). The van der Waals surface area contributed by atoms with Crippen LogP contribution in [0.2, 0.25) is 0 Å². The highest BCUT2D eigenvalue weighted by atomic mass is 32.1. The number of fused-ring (bicyclic) bond motifs is 1. The number of amides is 1. The second kappa shape index (κ2) is 11.3. The molecule has 0 saturated heterocycles. The number of pyridine rings is 1. The molecule has 10 heteroatoms. The molecule has 198 valence electrons. The average molecular weight is 544 g/mol. The van der Waals surface area contributed by atoms with Crippen LogP contribution in [0, 0.1) is 18.3 Å². The number of rotatable bonds is 7. The summed E-state index contributed by atoms with van der Waals surface area (Å²) in [5.41, 5.74) is 1.34. The monoisotopic (exact) mass is 543 g/mol. The molecule has 0 saturated carbocycles. The first-order chi connectivity index (χ1) is 18.7. The summed E-state index contributed by atoms with van der Waals surface area (Å²) in [4.78, 5) is 52.1. The van der Waals surface area contributed by atoms with E-state index >= 15 is 0 Å². The second-order valence-electron chi connectivity index (χ2n) is 8.63. The molecular formula is C29H25N3O6S. The minimum atomic E-state index is -1.29. The fraction of sp³-hybridized carbons (Fsp3) is 0.207. The van der Waals surface area contributed by atoms with E-state index in [2.05, 4.69) is 5.32 Å². The number of ether oxygens (including phenoxy) is 2. The molecule has 0 spiro atoms. The zero-order chi connectivity index (χ0) is 28.3. The summed E-state index contributed by atoms with van der Waals surface area (Å²) in [6, 6.07) is 18.1. The molecule has 0 aliphatic rings. The van der Waals surface area contributed by atoms with Crippen molar-refractivity contribution in [2.45, 2.75) is 26.9 Å². The van der Waals surface area contributed by atoms with Crippen molar-refractivity contribution in [1.29, 1.82) is 5.26 Å². The standard InChI is InChI=1S/C29H25N3O6S/c1-5-37-29(36)24-16(2)21(15-30)26(39-24)31-25(33)17(3)38-28(35)23-22(18-11-7-6-8-12-18)19-13-9-10-14-20(19)27(34)32(23)4/h6-14,17H,5H2,1-4H3,(H,31,33). The zero-order valence-electron chi connectivity index (χ0n) is 21.7. The third kappa shape index (κ3) is 5.17. The summed E-state index contributed by atoms with van der Waals surface area (Å²) < 4.78 is 11.8. The van der Waals surface area contributed by atoms with Crippen LogP contribution in [0.1, 0.15) is 45.1 Å². The zero-order valence-corrected chi connectivity index (χ0v) is 22.5. The van der Waals surface area contributed by atoms with Gasteiger partial charge in [0.25, 0.3) is 11.5 Å². The quantitative estimate of drug-likeness (QED) is 0.331. The van der Waals surface area contributed by atoms with Crippen LogP contribution in [0.15, 0.2) is 59.4 Å². The number of hydrogen-bond donors (Lipinski definition) is 1. The molecule has 0 fully saturated rings. The van der Waals surface area contributed by atoms with Gasteiger partial charge in [0, 0.05) is 18.0 Å². The molecule has 39 heavy (non-hydrogen) atoms. The summed E-state index contributed by atoms with van der Waals surface area (Å²) in [6.07, 6.45) is -1.29. The van der Waals surface area contributed by atoms with Gasteiger partial charge in [-0.1, -0.05) is 48.5 Å². The van der Waals surface area contributed by atoms with Crippen LogP contribution in [-0.2, 0) is 21.3 Å². The average Bonchev–Trinajstić information content (AvgIpc) is 3.25. The minimum absolute atomic E-state index is 0.00108. The Bertz CT molecular complexity index is 1700. The molecule has 9 nitrogen and oxygen atoms in total. The van der Waals surface area contributed by atoms with E-state index in [-0.39, 0.29) is 33.3 Å². The molecule has 2 heterocycles. The maximum atomic E-state index is 13.5. The smallest absolute Gasteiger partial charge is 0.356 e. The highest BCUT2D eigenvalue weighted by Gasteiger charge is 2.28. The molecule has 0 aliphatic heterocycles. The first kappa shape index (κ1) is 27.3. The number of carbonyl (C=O) groups is 3. The van der Waals surface area contributed by atoms with Gasteiger partial charge >= 0.3 is 11.9 Å². The third-order valence-corrected chi connectivity index (χ3v) is 7.36. The van der Waals surface area contributed by atoms with E-state index in [1.165, 1.54) is 18.5 Å². The van der Waals surface area contributed by atoms with Gasteiger partial charge in [0.15, 0.2) is 6.10 Å². The normalized spacial score (nSPS) is 11.5. The Morgan fingerprint density at radius 1 is 1.05 bits per heavy atom. The van der Waals surface area contributed by atoms with Crippen LogP contribution < -0.4 is 10.9 Å². The fourth-order valence-electron chi connectivity index (χ4n) is 4.21. The van der Waals surface area contributed by atoms with Gasteiger partial charge in [0.1, 0.15) is 21.6 Å². The third-order valence-electron chi connectivity index (χ3n) is 6.17. The van der Waals surface area contributed by atoms with Gasteiger partial charge in [0.05, 0.1) is 12.2 Å². The maximum absolute atomic E-state index is 13.5. The molecule has 0 aliphatic carbocycles. The summed E-state index contributed by atoms with van der Waals surface area (Å²) in [7, 11) is 1.48. The predicted octanol–water partition coefficient (Wildman–Crippen LogP) is 4.81. The SMILES string of the molecule is CCOC(=O)c1sc(NC(=O)C(C)OC(=O)c2c(-c3ccccc3)c3ccccc3c(=O)n2C)c(C#N)c1C. The summed E-state index contributed by atoms with van der Waals surface area (Å²) >= 11 is 0.910. The number of anilines is 1. The van der Waals surface area contributed by atoms with E-state index in [0.29, 0.717) is 27.5 Å². The van der Waals surface area contributed by atoms with Crippen molar-refractivity contribution < 1.29 is 23.9 Å². The highest BCUT2D eigenvalue weighted by molar-refractivity contribution is 7.18. The van der Waals surface area contributed by atoms with Gasteiger partial charge in [-0.05, 0) is 43.4 Å². The van der Waals surface area contributed by atoms with Crippen LogP contribution in [0.4, 0.5) is 5.00 Å². The van der Waals surface area contributed by atoms with E-state index in [0.717, 1.165) is 11.3 Å². The predicted molar refractivity (Wildman–Crippen MR) is 148 cm³/mol. The number of aromatic nitrogens is 1. The highest BCUT2D eigenvalue weighted by Crippen LogP contribution is 2.34. The minimum Gasteiger partial charge on any atom is -0.462 e. The number of esters is 2. The number of hydrogen-bond acceptors (Lipinski definition) is 8. The molecular weight excluding hydrogens is 518 g/mol. The van der Waals surface area contributed by atoms with E-state index in [1.54, 1.807) is 38.1 Å². The van der Waals surface area contributed by atoms with Gasteiger partial charge in [0.2, 0.25) is 0 Å². The lowest BCUT2D eigenvalue weighted by atomic mass is 9.97. The number of benzene rings is 2. The number of nitriles is 1. The van der Waals surface area contributed by atoms with Crippen molar-refractivity contribution >= 4 is 45.0 Å². The van der Waals surface area contributed by atoms with Gasteiger partial charge in [-0.3, -0.25) is 9.59 Å². The first-order valence-corrected chi connectivity index (χ1v) is 12.9. The Hall–Kier alpha value is -4.75. The molecule has 4 aromatic rings. The van der Waals surface area contributed by atoms with Crippen molar-refractivity contribution in [2.24, 2.45) is 7.05 Å². The molecule has 0 radical (unpaired) electrons. The van der Waals surface area contributed by atoms with Crippen molar-refractivity contribution in [2.75, 3.05) is 11.9 Å². The molecule has 2 aromatic heterocycles. The maximum Gasteiger partial charge on any atom is 0.356 e. The van der Waals surface area contributed by atoms with E-state index < -0.39 is 23.9 Å².